The lowest BCUT2D eigenvalue weighted by Gasteiger charge is -2.51. The SMILES string of the molecule is COC1CC(NC(=O)Nc2ccc(CN)cc2)C1(C)C. The normalized spacial score (nSPS) is 23.8. The molecule has 20 heavy (non-hydrogen) atoms. The van der Waals surface area contributed by atoms with Crippen molar-refractivity contribution in [2.24, 2.45) is 11.1 Å². The zero-order chi connectivity index (χ0) is 14.8. The highest BCUT2D eigenvalue weighted by molar-refractivity contribution is 5.89. The number of ether oxygens (including phenoxy) is 1. The molecule has 110 valence electrons. The maximum atomic E-state index is 12.0. The molecule has 1 aromatic rings. The zero-order valence-corrected chi connectivity index (χ0v) is 12.3. The summed E-state index contributed by atoms with van der Waals surface area (Å²) < 4.78 is 5.37. The first kappa shape index (κ1) is 14.8. The number of benzene rings is 1. The van der Waals surface area contributed by atoms with Crippen molar-refractivity contribution >= 4 is 11.7 Å². The Morgan fingerprint density at radius 2 is 2.05 bits per heavy atom. The minimum Gasteiger partial charge on any atom is -0.381 e. The van der Waals surface area contributed by atoms with E-state index in [1.54, 1.807) is 7.11 Å². The van der Waals surface area contributed by atoms with Gasteiger partial charge in [0.15, 0.2) is 0 Å². The van der Waals surface area contributed by atoms with Gasteiger partial charge in [-0.05, 0) is 24.1 Å². The lowest BCUT2D eigenvalue weighted by Crippen LogP contribution is -2.62. The van der Waals surface area contributed by atoms with Gasteiger partial charge >= 0.3 is 6.03 Å². The van der Waals surface area contributed by atoms with Gasteiger partial charge < -0.3 is 21.1 Å². The highest BCUT2D eigenvalue weighted by atomic mass is 16.5. The van der Waals surface area contributed by atoms with Crippen LogP contribution in [0.2, 0.25) is 0 Å². The van der Waals surface area contributed by atoms with Crippen LogP contribution in [0.25, 0.3) is 0 Å². The molecule has 0 bridgehead atoms. The van der Waals surface area contributed by atoms with Crippen molar-refractivity contribution in [3.63, 3.8) is 0 Å². The van der Waals surface area contributed by atoms with Gasteiger partial charge in [-0.25, -0.2) is 4.79 Å². The topological polar surface area (TPSA) is 76.4 Å². The highest BCUT2D eigenvalue weighted by Gasteiger charge is 2.49. The van der Waals surface area contributed by atoms with Crippen LogP contribution in [-0.4, -0.2) is 25.3 Å². The number of rotatable bonds is 4. The van der Waals surface area contributed by atoms with Crippen molar-refractivity contribution in [3.8, 4) is 0 Å². The number of carbonyl (C=O) groups is 1. The van der Waals surface area contributed by atoms with Crippen molar-refractivity contribution in [1.82, 2.24) is 5.32 Å². The fraction of sp³-hybridized carbons (Fsp3) is 0.533. The Labute approximate surface area is 119 Å². The van der Waals surface area contributed by atoms with Crippen molar-refractivity contribution in [1.29, 1.82) is 0 Å². The second kappa shape index (κ2) is 5.81. The van der Waals surface area contributed by atoms with Gasteiger partial charge in [0, 0.05) is 30.8 Å². The number of methoxy groups -OCH3 is 1. The Kier molecular flexibility index (Phi) is 4.30. The summed E-state index contributed by atoms with van der Waals surface area (Å²) in [4.78, 5) is 12.0. The van der Waals surface area contributed by atoms with E-state index in [1.807, 2.05) is 24.3 Å². The van der Waals surface area contributed by atoms with Gasteiger partial charge in [-0.1, -0.05) is 26.0 Å². The number of carbonyl (C=O) groups excluding carboxylic acids is 1. The lowest BCUT2D eigenvalue weighted by atomic mass is 9.64. The molecule has 0 heterocycles. The minimum absolute atomic E-state index is 0.0322. The number of hydrogen-bond donors (Lipinski definition) is 3. The summed E-state index contributed by atoms with van der Waals surface area (Å²) in [6.07, 6.45) is 1.06. The quantitative estimate of drug-likeness (QED) is 0.788. The standard InChI is InChI=1S/C15H23N3O2/c1-15(2)12(8-13(15)20-3)18-14(19)17-11-6-4-10(9-16)5-7-11/h4-7,12-13H,8-9,16H2,1-3H3,(H2,17,18,19). The second-order valence-corrected chi connectivity index (χ2v) is 5.83. The summed E-state index contributed by atoms with van der Waals surface area (Å²) in [6, 6.07) is 7.47. The maximum Gasteiger partial charge on any atom is 0.319 e. The number of hydrogen-bond acceptors (Lipinski definition) is 3. The van der Waals surface area contributed by atoms with E-state index in [2.05, 4.69) is 24.5 Å². The minimum atomic E-state index is -0.182. The van der Waals surface area contributed by atoms with Crippen LogP contribution in [0.15, 0.2) is 24.3 Å². The van der Waals surface area contributed by atoms with Crippen LogP contribution < -0.4 is 16.4 Å². The van der Waals surface area contributed by atoms with E-state index in [1.165, 1.54) is 0 Å². The summed E-state index contributed by atoms with van der Waals surface area (Å²) in [7, 11) is 1.71. The molecule has 1 aliphatic carbocycles. The number of urea groups is 1. The number of nitrogens with one attached hydrogen (secondary N) is 2. The van der Waals surface area contributed by atoms with Gasteiger partial charge in [0.25, 0.3) is 0 Å². The van der Waals surface area contributed by atoms with Crippen molar-refractivity contribution in [3.05, 3.63) is 29.8 Å². The molecule has 1 saturated carbocycles. The predicted octanol–water partition coefficient (Wildman–Crippen LogP) is 2.08. The first-order chi connectivity index (χ1) is 9.47. The molecule has 2 amide bonds. The first-order valence-corrected chi connectivity index (χ1v) is 6.86. The van der Waals surface area contributed by atoms with Crippen LogP contribution >= 0.6 is 0 Å². The van der Waals surface area contributed by atoms with E-state index >= 15 is 0 Å². The molecule has 0 aliphatic heterocycles. The molecule has 5 nitrogen and oxygen atoms in total. The molecule has 2 atom stereocenters. The van der Waals surface area contributed by atoms with Gasteiger partial charge in [0.2, 0.25) is 0 Å². The van der Waals surface area contributed by atoms with E-state index in [4.69, 9.17) is 10.5 Å². The molecule has 4 N–H and O–H groups in total. The fourth-order valence-corrected chi connectivity index (χ4v) is 2.58. The first-order valence-electron chi connectivity index (χ1n) is 6.86. The molecule has 2 unspecified atom stereocenters. The van der Waals surface area contributed by atoms with E-state index in [0.29, 0.717) is 6.54 Å². The number of anilines is 1. The Bertz CT molecular complexity index is 471. The van der Waals surface area contributed by atoms with Gasteiger partial charge in [0.1, 0.15) is 0 Å². The monoisotopic (exact) mass is 277 g/mol. The molecule has 0 spiro atoms. The summed E-state index contributed by atoms with van der Waals surface area (Å²) in [5.74, 6) is 0. The molecule has 0 aromatic heterocycles. The Morgan fingerprint density at radius 3 is 2.55 bits per heavy atom. The number of amides is 2. The van der Waals surface area contributed by atoms with Crippen LogP contribution in [0.1, 0.15) is 25.8 Å². The molecular formula is C15H23N3O2. The zero-order valence-electron chi connectivity index (χ0n) is 12.3. The molecule has 1 fully saturated rings. The second-order valence-electron chi connectivity index (χ2n) is 5.83. The van der Waals surface area contributed by atoms with Gasteiger partial charge in [-0.15, -0.1) is 0 Å². The third kappa shape index (κ3) is 2.94. The molecule has 2 rings (SSSR count). The molecule has 1 aromatic carbocycles. The van der Waals surface area contributed by atoms with Gasteiger partial charge in [-0.2, -0.15) is 0 Å². The van der Waals surface area contributed by atoms with E-state index < -0.39 is 0 Å². The predicted molar refractivity (Wildman–Crippen MR) is 79.5 cm³/mol. The molecule has 1 aliphatic rings. The Hall–Kier alpha value is -1.59. The van der Waals surface area contributed by atoms with Crippen molar-refractivity contribution in [2.75, 3.05) is 12.4 Å². The summed E-state index contributed by atoms with van der Waals surface area (Å²) in [5.41, 5.74) is 7.31. The van der Waals surface area contributed by atoms with Gasteiger partial charge in [-0.3, -0.25) is 0 Å². The maximum absolute atomic E-state index is 12.0. The van der Waals surface area contributed by atoms with Crippen LogP contribution in [0.5, 0.6) is 0 Å². The van der Waals surface area contributed by atoms with Crippen LogP contribution in [-0.2, 0) is 11.3 Å². The average Bonchev–Trinajstić information content (AvgIpc) is 2.43. The molecule has 0 saturated heterocycles. The average molecular weight is 277 g/mol. The third-order valence-corrected chi connectivity index (χ3v) is 4.22. The van der Waals surface area contributed by atoms with E-state index in [-0.39, 0.29) is 23.6 Å². The lowest BCUT2D eigenvalue weighted by molar-refractivity contribution is -0.0931. The fourth-order valence-electron chi connectivity index (χ4n) is 2.58. The summed E-state index contributed by atoms with van der Waals surface area (Å²) >= 11 is 0. The van der Waals surface area contributed by atoms with Gasteiger partial charge in [0.05, 0.1) is 6.10 Å². The number of nitrogens with two attached hydrogens (primary N) is 1. The summed E-state index contributed by atoms with van der Waals surface area (Å²) in [6.45, 7) is 4.71. The van der Waals surface area contributed by atoms with Crippen molar-refractivity contribution in [2.45, 2.75) is 39.0 Å². The largest absolute Gasteiger partial charge is 0.381 e. The Balaban J connectivity index is 1.87. The van der Waals surface area contributed by atoms with Crippen LogP contribution in [0.3, 0.4) is 0 Å². The highest BCUT2D eigenvalue weighted by Crippen LogP contribution is 2.42. The molecule has 5 heteroatoms. The molecular weight excluding hydrogens is 254 g/mol. The van der Waals surface area contributed by atoms with Crippen molar-refractivity contribution < 1.29 is 9.53 Å². The third-order valence-electron chi connectivity index (χ3n) is 4.22. The molecule has 0 radical (unpaired) electrons. The summed E-state index contributed by atoms with van der Waals surface area (Å²) in [5, 5.41) is 5.82. The van der Waals surface area contributed by atoms with E-state index in [9.17, 15) is 4.79 Å². The van der Waals surface area contributed by atoms with Crippen LogP contribution in [0, 0.1) is 5.41 Å². The van der Waals surface area contributed by atoms with Crippen LogP contribution in [0.4, 0.5) is 10.5 Å². The Morgan fingerprint density at radius 1 is 1.40 bits per heavy atom. The smallest absolute Gasteiger partial charge is 0.319 e. The van der Waals surface area contributed by atoms with E-state index in [0.717, 1.165) is 17.7 Å².